The smallest absolute Gasteiger partial charge is 0.230 e. The average Bonchev–Trinajstić information content (AvgIpc) is 2.27. The van der Waals surface area contributed by atoms with Gasteiger partial charge in [0, 0.05) is 0 Å². The van der Waals surface area contributed by atoms with Gasteiger partial charge in [-0.1, -0.05) is 17.7 Å². The predicted molar refractivity (Wildman–Crippen MR) is 68.1 cm³/mol. The highest BCUT2D eigenvalue weighted by molar-refractivity contribution is 7.99. The number of amides is 1. The highest BCUT2D eigenvalue weighted by Crippen LogP contribution is 2.10. The van der Waals surface area contributed by atoms with E-state index in [9.17, 15) is 4.79 Å². The van der Waals surface area contributed by atoms with Crippen LogP contribution in [0.5, 0.6) is 5.75 Å². The predicted octanol–water partition coefficient (Wildman–Crippen LogP) is 1.85. The molecule has 0 aliphatic carbocycles. The lowest BCUT2D eigenvalue weighted by atomic mass is 10.2. The van der Waals surface area contributed by atoms with Crippen molar-refractivity contribution in [3.8, 4) is 5.75 Å². The lowest BCUT2D eigenvalue weighted by molar-refractivity contribution is -0.118. The summed E-state index contributed by atoms with van der Waals surface area (Å²) in [6, 6.07) is 7.86. The molecule has 1 aromatic rings. The molecule has 0 aromatic heterocycles. The molecule has 0 aliphatic heterocycles. The van der Waals surface area contributed by atoms with Crippen molar-refractivity contribution < 1.29 is 9.53 Å². The number of carbonyl (C=O) groups is 1. The Bertz CT molecular complexity index is 324. The zero-order chi connectivity index (χ0) is 11.8. The fourth-order valence-electron chi connectivity index (χ4n) is 1.18. The van der Waals surface area contributed by atoms with Gasteiger partial charge in [0.1, 0.15) is 12.4 Å². The molecule has 1 aromatic carbocycles. The van der Waals surface area contributed by atoms with Crippen molar-refractivity contribution >= 4 is 17.7 Å². The largest absolute Gasteiger partial charge is 0.492 e. The maximum absolute atomic E-state index is 11.1. The average molecular weight is 239 g/mol. The van der Waals surface area contributed by atoms with Crippen molar-refractivity contribution in [2.24, 2.45) is 0 Å². The zero-order valence-corrected chi connectivity index (χ0v) is 10.5. The molecule has 3 nitrogen and oxygen atoms in total. The molecule has 88 valence electrons. The molecular weight excluding hydrogens is 222 g/mol. The molecular formula is C12H17NO2S. The van der Waals surface area contributed by atoms with Crippen LogP contribution in [0.15, 0.2) is 24.3 Å². The van der Waals surface area contributed by atoms with Crippen LogP contribution in [0.1, 0.15) is 5.56 Å². The van der Waals surface area contributed by atoms with Gasteiger partial charge in [0.25, 0.3) is 0 Å². The number of carbonyl (C=O) groups excluding carboxylic acids is 1. The standard InChI is InChI=1S/C12H17NO2S/c1-10-3-5-11(6-4-10)15-8-7-13-12(14)9-16-2/h3-6H,7-9H2,1-2H3,(H,13,14). The molecule has 0 heterocycles. The summed E-state index contributed by atoms with van der Waals surface area (Å²) in [5.41, 5.74) is 1.21. The van der Waals surface area contributed by atoms with Crippen LogP contribution in [0.3, 0.4) is 0 Å². The lowest BCUT2D eigenvalue weighted by Gasteiger charge is -2.07. The Balaban J connectivity index is 2.16. The summed E-state index contributed by atoms with van der Waals surface area (Å²) in [6.45, 7) is 3.09. The molecule has 0 fully saturated rings. The molecule has 16 heavy (non-hydrogen) atoms. The monoisotopic (exact) mass is 239 g/mol. The molecule has 0 unspecified atom stereocenters. The van der Waals surface area contributed by atoms with Crippen LogP contribution in [0.4, 0.5) is 0 Å². The summed E-state index contributed by atoms with van der Waals surface area (Å²) < 4.78 is 5.47. The number of ether oxygens (including phenoxy) is 1. The van der Waals surface area contributed by atoms with Gasteiger partial charge in [0.2, 0.25) is 5.91 Å². The fourth-order valence-corrected chi connectivity index (χ4v) is 1.54. The van der Waals surface area contributed by atoms with Crippen molar-refractivity contribution in [3.63, 3.8) is 0 Å². The fraction of sp³-hybridized carbons (Fsp3) is 0.417. The van der Waals surface area contributed by atoms with E-state index in [1.807, 2.05) is 37.4 Å². The first kappa shape index (κ1) is 12.9. The van der Waals surface area contributed by atoms with Crippen molar-refractivity contribution in [1.82, 2.24) is 5.32 Å². The summed E-state index contributed by atoms with van der Waals surface area (Å²) >= 11 is 1.51. The Hall–Kier alpha value is -1.16. The second-order valence-electron chi connectivity index (χ2n) is 3.44. The van der Waals surface area contributed by atoms with Crippen molar-refractivity contribution in [2.75, 3.05) is 25.2 Å². The van der Waals surface area contributed by atoms with E-state index in [0.717, 1.165) is 5.75 Å². The molecule has 4 heteroatoms. The first-order valence-corrected chi connectivity index (χ1v) is 6.57. The van der Waals surface area contributed by atoms with E-state index in [2.05, 4.69) is 5.32 Å². The molecule has 1 N–H and O–H groups in total. The number of rotatable bonds is 6. The number of hydrogen-bond acceptors (Lipinski definition) is 3. The topological polar surface area (TPSA) is 38.3 Å². The van der Waals surface area contributed by atoms with E-state index in [1.165, 1.54) is 17.3 Å². The van der Waals surface area contributed by atoms with Crippen LogP contribution >= 0.6 is 11.8 Å². The van der Waals surface area contributed by atoms with Gasteiger partial charge in [-0.25, -0.2) is 0 Å². The highest BCUT2D eigenvalue weighted by atomic mass is 32.2. The Morgan fingerprint density at radius 2 is 2.06 bits per heavy atom. The van der Waals surface area contributed by atoms with Gasteiger partial charge in [-0.15, -0.1) is 0 Å². The minimum Gasteiger partial charge on any atom is -0.492 e. The summed E-state index contributed by atoms with van der Waals surface area (Å²) in [4.78, 5) is 11.1. The Morgan fingerprint density at radius 1 is 1.38 bits per heavy atom. The van der Waals surface area contributed by atoms with Crippen molar-refractivity contribution in [2.45, 2.75) is 6.92 Å². The van der Waals surface area contributed by atoms with E-state index in [4.69, 9.17) is 4.74 Å². The van der Waals surface area contributed by atoms with Crippen LogP contribution in [-0.4, -0.2) is 31.1 Å². The van der Waals surface area contributed by atoms with E-state index in [1.54, 1.807) is 0 Å². The third-order valence-electron chi connectivity index (χ3n) is 1.99. The highest BCUT2D eigenvalue weighted by Gasteiger charge is 1.98. The minimum absolute atomic E-state index is 0.0556. The third kappa shape index (κ3) is 5.07. The van der Waals surface area contributed by atoms with E-state index >= 15 is 0 Å². The molecule has 1 rings (SSSR count). The molecule has 0 saturated heterocycles. The lowest BCUT2D eigenvalue weighted by Crippen LogP contribution is -2.29. The Labute approximate surface area is 101 Å². The van der Waals surface area contributed by atoms with Crippen LogP contribution in [0.25, 0.3) is 0 Å². The number of nitrogens with one attached hydrogen (secondary N) is 1. The SMILES string of the molecule is CSCC(=O)NCCOc1ccc(C)cc1. The summed E-state index contributed by atoms with van der Waals surface area (Å²) in [5.74, 6) is 1.40. The van der Waals surface area contributed by atoms with Crippen molar-refractivity contribution in [1.29, 1.82) is 0 Å². The van der Waals surface area contributed by atoms with Crippen LogP contribution in [0.2, 0.25) is 0 Å². The normalized spacial score (nSPS) is 9.88. The summed E-state index contributed by atoms with van der Waals surface area (Å²) in [6.07, 6.45) is 1.91. The first-order chi connectivity index (χ1) is 7.72. The number of thioether (sulfide) groups is 1. The molecule has 1 amide bonds. The van der Waals surface area contributed by atoms with Gasteiger partial charge in [-0.3, -0.25) is 4.79 Å². The number of aryl methyl sites for hydroxylation is 1. The van der Waals surface area contributed by atoms with Gasteiger partial charge >= 0.3 is 0 Å². The van der Waals surface area contributed by atoms with E-state index in [-0.39, 0.29) is 5.91 Å². The molecule has 0 aliphatic rings. The summed E-state index contributed by atoms with van der Waals surface area (Å²) in [5, 5.41) is 2.78. The molecule has 0 radical (unpaired) electrons. The van der Waals surface area contributed by atoms with E-state index < -0.39 is 0 Å². The van der Waals surface area contributed by atoms with Crippen molar-refractivity contribution in [3.05, 3.63) is 29.8 Å². The molecule has 0 spiro atoms. The van der Waals surface area contributed by atoms with Gasteiger partial charge in [-0.2, -0.15) is 11.8 Å². The van der Waals surface area contributed by atoms with Crippen LogP contribution in [0, 0.1) is 6.92 Å². The maximum Gasteiger partial charge on any atom is 0.230 e. The molecule has 0 atom stereocenters. The Morgan fingerprint density at radius 3 is 2.69 bits per heavy atom. The second-order valence-corrected chi connectivity index (χ2v) is 4.31. The van der Waals surface area contributed by atoms with Crippen LogP contribution < -0.4 is 10.1 Å². The van der Waals surface area contributed by atoms with Crippen LogP contribution in [-0.2, 0) is 4.79 Å². The van der Waals surface area contributed by atoms with Gasteiger partial charge < -0.3 is 10.1 Å². The van der Waals surface area contributed by atoms with Gasteiger partial charge in [0.05, 0.1) is 12.3 Å². The minimum atomic E-state index is 0.0556. The van der Waals surface area contributed by atoms with E-state index in [0.29, 0.717) is 18.9 Å². The molecule has 0 saturated carbocycles. The zero-order valence-electron chi connectivity index (χ0n) is 9.66. The Kier molecular flexibility index (Phi) is 5.78. The quantitative estimate of drug-likeness (QED) is 0.770. The first-order valence-electron chi connectivity index (χ1n) is 5.17. The third-order valence-corrected chi connectivity index (χ3v) is 2.54. The number of hydrogen-bond donors (Lipinski definition) is 1. The summed E-state index contributed by atoms with van der Waals surface area (Å²) in [7, 11) is 0. The maximum atomic E-state index is 11.1. The second kappa shape index (κ2) is 7.17. The molecule has 0 bridgehead atoms. The van der Waals surface area contributed by atoms with Gasteiger partial charge in [0.15, 0.2) is 0 Å². The number of benzene rings is 1. The van der Waals surface area contributed by atoms with Gasteiger partial charge in [-0.05, 0) is 25.3 Å².